The van der Waals surface area contributed by atoms with Crippen LogP contribution in [0.5, 0.6) is 0 Å². The van der Waals surface area contributed by atoms with E-state index in [1.54, 1.807) is 6.92 Å². The van der Waals surface area contributed by atoms with E-state index in [9.17, 15) is 13.2 Å². The minimum Gasteiger partial charge on any atom is -0.465 e. The van der Waals surface area contributed by atoms with Crippen molar-refractivity contribution in [3.63, 3.8) is 0 Å². The Bertz CT molecular complexity index is 601. The van der Waals surface area contributed by atoms with Gasteiger partial charge in [0, 0.05) is 18.8 Å². The number of carbonyl (C=O) groups is 1. The van der Waals surface area contributed by atoms with Crippen molar-refractivity contribution in [1.82, 2.24) is 4.72 Å². The van der Waals surface area contributed by atoms with Crippen LogP contribution < -0.4 is 10.5 Å². The molecule has 0 saturated carbocycles. The van der Waals surface area contributed by atoms with Crippen molar-refractivity contribution in [3.8, 4) is 0 Å². The molecule has 1 rings (SSSR count). The zero-order valence-corrected chi connectivity index (χ0v) is 13.1. The van der Waals surface area contributed by atoms with Gasteiger partial charge in [-0.1, -0.05) is 0 Å². The first-order chi connectivity index (χ1) is 9.81. The summed E-state index contributed by atoms with van der Waals surface area (Å²) in [6.45, 7) is 4.13. The molecule has 1 aromatic carbocycles. The number of esters is 1. The van der Waals surface area contributed by atoms with Gasteiger partial charge in [0.1, 0.15) is 0 Å². The number of nitrogens with two attached hydrogens (primary N) is 1. The molecule has 7 nitrogen and oxygen atoms in total. The summed E-state index contributed by atoms with van der Waals surface area (Å²) in [4.78, 5) is 11.4. The Kier molecular flexibility index (Phi) is 6.13. The van der Waals surface area contributed by atoms with Gasteiger partial charge in [-0.25, -0.2) is 17.9 Å². The SMILES string of the molecule is CCOC(C)CNS(=O)(=O)c1cc(N)ccc1C(=O)OC. The normalized spacial score (nSPS) is 12.9. The molecule has 0 radical (unpaired) electrons. The van der Waals surface area contributed by atoms with E-state index in [2.05, 4.69) is 9.46 Å². The van der Waals surface area contributed by atoms with E-state index in [1.165, 1.54) is 25.3 Å². The fourth-order valence-corrected chi connectivity index (χ4v) is 3.03. The first kappa shape index (κ1) is 17.4. The van der Waals surface area contributed by atoms with E-state index in [0.29, 0.717) is 6.61 Å². The van der Waals surface area contributed by atoms with Crippen LogP contribution in [0.25, 0.3) is 0 Å². The predicted octanol–water partition coefficient (Wildman–Crippen LogP) is 0.759. The summed E-state index contributed by atoms with van der Waals surface area (Å²) in [6, 6.07) is 3.98. The fourth-order valence-electron chi connectivity index (χ4n) is 1.69. The third-order valence-corrected chi connectivity index (χ3v) is 4.18. The number of hydrogen-bond acceptors (Lipinski definition) is 6. The van der Waals surface area contributed by atoms with Gasteiger partial charge >= 0.3 is 5.97 Å². The van der Waals surface area contributed by atoms with E-state index >= 15 is 0 Å². The molecule has 0 fully saturated rings. The lowest BCUT2D eigenvalue weighted by molar-refractivity contribution is 0.0596. The molecule has 0 spiro atoms. The van der Waals surface area contributed by atoms with Gasteiger partial charge in [0.15, 0.2) is 0 Å². The van der Waals surface area contributed by atoms with Crippen LogP contribution in [-0.2, 0) is 19.5 Å². The van der Waals surface area contributed by atoms with Crippen LogP contribution >= 0.6 is 0 Å². The Balaban J connectivity index is 3.07. The topological polar surface area (TPSA) is 108 Å². The van der Waals surface area contributed by atoms with Crippen LogP contribution in [0.3, 0.4) is 0 Å². The Labute approximate surface area is 124 Å². The highest BCUT2D eigenvalue weighted by molar-refractivity contribution is 7.89. The van der Waals surface area contributed by atoms with Crippen LogP contribution in [0.2, 0.25) is 0 Å². The number of carbonyl (C=O) groups excluding carboxylic acids is 1. The van der Waals surface area contributed by atoms with Gasteiger partial charge in [-0.15, -0.1) is 0 Å². The molecular formula is C13H20N2O5S. The lowest BCUT2D eigenvalue weighted by Crippen LogP contribution is -2.33. The molecule has 8 heteroatoms. The highest BCUT2D eigenvalue weighted by Gasteiger charge is 2.23. The van der Waals surface area contributed by atoms with Crippen LogP contribution in [0.1, 0.15) is 24.2 Å². The number of ether oxygens (including phenoxy) is 2. The van der Waals surface area contributed by atoms with E-state index in [0.717, 1.165) is 0 Å². The van der Waals surface area contributed by atoms with Crippen LogP contribution in [0, 0.1) is 0 Å². The van der Waals surface area contributed by atoms with Gasteiger partial charge in [-0.05, 0) is 32.0 Å². The second-order valence-corrected chi connectivity index (χ2v) is 6.10. The second-order valence-electron chi connectivity index (χ2n) is 4.37. The molecule has 0 aromatic heterocycles. The number of nitrogen functional groups attached to an aromatic ring is 1. The van der Waals surface area contributed by atoms with Crippen LogP contribution in [0.15, 0.2) is 23.1 Å². The van der Waals surface area contributed by atoms with Crippen molar-refractivity contribution in [2.45, 2.75) is 24.8 Å². The smallest absolute Gasteiger partial charge is 0.339 e. The Hall–Kier alpha value is -1.64. The summed E-state index contributed by atoms with van der Waals surface area (Å²) >= 11 is 0. The number of sulfonamides is 1. The fraction of sp³-hybridized carbons (Fsp3) is 0.462. The van der Waals surface area contributed by atoms with Crippen LogP contribution in [-0.4, -0.2) is 40.8 Å². The molecule has 118 valence electrons. The maximum atomic E-state index is 12.3. The van der Waals surface area contributed by atoms with E-state index in [1.807, 2.05) is 6.92 Å². The molecule has 3 N–H and O–H groups in total. The van der Waals surface area contributed by atoms with Gasteiger partial charge < -0.3 is 15.2 Å². The Morgan fingerprint density at radius 2 is 2.10 bits per heavy atom. The first-order valence-corrected chi connectivity index (χ1v) is 7.89. The molecule has 0 aliphatic rings. The minimum atomic E-state index is -3.89. The third kappa shape index (κ3) is 4.69. The maximum Gasteiger partial charge on any atom is 0.339 e. The molecule has 0 amide bonds. The lowest BCUT2D eigenvalue weighted by Gasteiger charge is -2.14. The summed E-state index contributed by atoms with van der Waals surface area (Å²) in [7, 11) is -2.71. The molecular weight excluding hydrogens is 296 g/mol. The van der Waals surface area contributed by atoms with Crippen molar-refractivity contribution in [3.05, 3.63) is 23.8 Å². The highest BCUT2D eigenvalue weighted by Crippen LogP contribution is 2.20. The predicted molar refractivity (Wildman–Crippen MR) is 78.5 cm³/mol. The summed E-state index contributed by atoms with van der Waals surface area (Å²) in [5.41, 5.74) is 5.77. The molecule has 0 aliphatic heterocycles. The molecule has 21 heavy (non-hydrogen) atoms. The molecule has 1 unspecified atom stereocenters. The average Bonchev–Trinajstić information content (AvgIpc) is 2.44. The Morgan fingerprint density at radius 1 is 1.43 bits per heavy atom. The van der Waals surface area contributed by atoms with Crippen LogP contribution in [0.4, 0.5) is 5.69 Å². The summed E-state index contributed by atoms with van der Waals surface area (Å²) in [5.74, 6) is -0.742. The number of anilines is 1. The summed E-state index contributed by atoms with van der Waals surface area (Å²) in [6.07, 6.45) is -0.285. The van der Waals surface area contributed by atoms with Gasteiger partial charge in [-0.2, -0.15) is 0 Å². The van der Waals surface area contributed by atoms with E-state index in [-0.39, 0.29) is 28.8 Å². The zero-order valence-electron chi connectivity index (χ0n) is 12.3. The van der Waals surface area contributed by atoms with E-state index < -0.39 is 16.0 Å². The summed E-state index contributed by atoms with van der Waals surface area (Å²) in [5, 5.41) is 0. The van der Waals surface area contributed by atoms with Crippen molar-refractivity contribution in [2.75, 3.05) is 26.0 Å². The lowest BCUT2D eigenvalue weighted by atomic mass is 10.2. The van der Waals surface area contributed by atoms with Crippen molar-refractivity contribution in [2.24, 2.45) is 0 Å². The van der Waals surface area contributed by atoms with Crippen molar-refractivity contribution < 1.29 is 22.7 Å². The molecule has 0 bridgehead atoms. The zero-order chi connectivity index (χ0) is 16.0. The standard InChI is InChI=1S/C13H20N2O5S/c1-4-20-9(2)8-15-21(17,18)12-7-10(14)5-6-11(12)13(16)19-3/h5-7,9,15H,4,8,14H2,1-3H3. The maximum absolute atomic E-state index is 12.3. The number of benzene rings is 1. The van der Waals surface area contributed by atoms with Gasteiger partial charge in [0.2, 0.25) is 10.0 Å². The highest BCUT2D eigenvalue weighted by atomic mass is 32.2. The van der Waals surface area contributed by atoms with Gasteiger partial charge in [0.05, 0.1) is 23.7 Å². The van der Waals surface area contributed by atoms with Crippen molar-refractivity contribution in [1.29, 1.82) is 0 Å². The minimum absolute atomic E-state index is 0.0664. The average molecular weight is 316 g/mol. The Morgan fingerprint density at radius 3 is 2.67 bits per heavy atom. The first-order valence-electron chi connectivity index (χ1n) is 6.41. The largest absolute Gasteiger partial charge is 0.465 e. The summed E-state index contributed by atoms with van der Waals surface area (Å²) < 4.78 is 36.8. The number of hydrogen-bond donors (Lipinski definition) is 2. The molecule has 1 aromatic rings. The molecule has 0 saturated heterocycles. The van der Waals surface area contributed by atoms with E-state index in [4.69, 9.17) is 10.5 Å². The molecule has 1 atom stereocenters. The number of rotatable bonds is 7. The number of methoxy groups -OCH3 is 1. The molecule has 0 heterocycles. The van der Waals surface area contributed by atoms with Gasteiger partial charge in [0.25, 0.3) is 0 Å². The third-order valence-electron chi connectivity index (χ3n) is 2.71. The number of nitrogens with one attached hydrogen (secondary N) is 1. The monoisotopic (exact) mass is 316 g/mol. The quantitative estimate of drug-likeness (QED) is 0.568. The van der Waals surface area contributed by atoms with Crippen molar-refractivity contribution >= 4 is 21.7 Å². The second kappa shape index (κ2) is 7.39. The van der Waals surface area contributed by atoms with Gasteiger partial charge in [-0.3, -0.25) is 0 Å². The molecule has 0 aliphatic carbocycles.